The van der Waals surface area contributed by atoms with E-state index in [0.29, 0.717) is 18.8 Å². The van der Waals surface area contributed by atoms with Gasteiger partial charge in [-0.3, -0.25) is 14.4 Å². The molecular weight excluding hydrogens is 570 g/mol. The van der Waals surface area contributed by atoms with Gasteiger partial charge in [0.25, 0.3) is 5.91 Å². The number of carbonyl (C=O) groups is 1. The van der Waals surface area contributed by atoms with Crippen LogP contribution in [-0.2, 0) is 13.1 Å². The number of hydrazone groups is 1. The largest absolute Gasteiger partial charge is 0.496 e. The molecule has 0 aliphatic carbocycles. The number of amides is 1. The first kappa shape index (κ1) is 26.5. The molecule has 0 atom stereocenters. The molecule has 3 aromatic heterocycles. The molecule has 1 aromatic carbocycles. The van der Waals surface area contributed by atoms with Crippen LogP contribution in [0, 0.1) is 13.8 Å². The average molecular weight is 598 g/mol. The van der Waals surface area contributed by atoms with Crippen LogP contribution < -0.4 is 15.9 Å². The summed E-state index contributed by atoms with van der Waals surface area (Å²) in [5, 5.41) is 24.3. The van der Waals surface area contributed by atoms with E-state index < -0.39 is 5.91 Å². The zero-order valence-corrected chi connectivity index (χ0v) is 23.3. The van der Waals surface area contributed by atoms with Crippen molar-refractivity contribution >= 4 is 33.9 Å². The summed E-state index contributed by atoms with van der Waals surface area (Å²) in [5.41, 5.74) is 12.7. The second-order valence-electron chi connectivity index (χ2n) is 9.17. The van der Waals surface area contributed by atoms with Crippen LogP contribution in [0.5, 0.6) is 5.75 Å². The van der Waals surface area contributed by atoms with Gasteiger partial charge in [0.1, 0.15) is 5.75 Å². The van der Waals surface area contributed by atoms with Crippen molar-refractivity contribution in [3.05, 3.63) is 56.6 Å². The number of rotatable bonds is 9. The topological polar surface area (TPSA) is 167 Å². The van der Waals surface area contributed by atoms with Crippen LogP contribution in [0.1, 0.15) is 51.5 Å². The molecule has 3 N–H and O–H groups in total. The Kier molecular flexibility index (Phi) is 7.70. The molecule has 0 saturated carbocycles. The zero-order valence-electron chi connectivity index (χ0n) is 21.8. The van der Waals surface area contributed by atoms with Crippen LogP contribution in [0.25, 0.3) is 5.82 Å². The minimum absolute atomic E-state index is 0.0516. The van der Waals surface area contributed by atoms with Gasteiger partial charge in [0.2, 0.25) is 11.6 Å². The highest BCUT2D eigenvalue weighted by Crippen LogP contribution is 2.25. The number of ether oxygens (including phenoxy) is 1. The molecule has 0 bridgehead atoms. The lowest BCUT2D eigenvalue weighted by Crippen LogP contribution is -2.25. The van der Waals surface area contributed by atoms with Crippen molar-refractivity contribution in [3.8, 4) is 11.6 Å². The lowest BCUT2D eigenvalue weighted by Gasteiger charge is -2.15. The van der Waals surface area contributed by atoms with E-state index in [2.05, 4.69) is 57.1 Å². The summed E-state index contributed by atoms with van der Waals surface area (Å²) in [4.78, 5) is 15.3. The van der Waals surface area contributed by atoms with E-state index in [4.69, 9.17) is 15.1 Å². The Morgan fingerprint density at radius 1 is 1.26 bits per heavy atom. The second kappa shape index (κ2) is 11.3. The highest BCUT2D eigenvalue weighted by molar-refractivity contribution is 9.10. The number of nitrogens with zero attached hydrogens (tertiary/aromatic N) is 9. The Balaban J connectivity index is 1.35. The molecule has 1 aliphatic heterocycles. The molecule has 0 radical (unpaired) electrons. The fourth-order valence-corrected chi connectivity index (χ4v) is 4.78. The van der Waals surface area contributed by atoms with Gasteiger partial charge in [-0.1, -0.05) is 5.21 Å². The summed E-state index contributed by atoms with van der Waals surface area (Å²) in [6, 6.07) is 5.65. The summed E-state index contributed by atoms with van der Waals surface area (Å²) in [6.45, 7) is 6.72. The molecule has 1 amide bonds. The lowest BCUT2D eigenvalue weighted by molar-refractivity contribution is 0.0948. The van der Waals surface area contributed by atoms with E-state index >= 15 is 0 Å². The fraction of sp³-hybridized carbons (Fsp3) is 0.375. The first-order chi connectivity index (χ1) is 18.9. The number of likely N-dealkylation sites (tertiary alicyclic amines) is 1. The number of hydrogen-bond acceptors (Lipinski definition) is 11. The number of anilines is 1. The van der Waals surface area contributed by atoms with Crippen molar-refractivity contribution in [2.45, 2.75) is 39.8 Å². The highest BCUT2D eigenvalue weighted by Gasteiger charge is 2.26. The second-order valence-corrected chi connectivity index (χ2v) is 9.96. The first-order valence-electron chi connectivity index (χ1n) is 12.3. The van der Waals surface area contributed by atoms with E-state index in [1.165, 1.54) is 4.68 Å². The van der Waals surface area contributed by atoms with Gasteiger partial charge in [0, 0.05) is 12.1 Å². The standard InChI is InChI=1S/C24H28BrN11O3/c1-14-20(25)15(2)35(30-14)12-17-10-16(6-7-19(17)38-3)11-27-29-24(37)21-18(13-34-8-4-5-9-34)36(33-28-21)23-22(26)31-39-32-23/h6-7,10-11H,4-5,8-9,12-13H2,1-3H3,(H2,26,31)(H,29,37). The Bertz CT molecular complexity index is 1520. The third-order valence-corrected chi connectivity index (χ3v) is 7.69. The molecular formula is C24H28BrN11O3. The van der Waals surface area contributed by atoms with Crippen LogP contribution in [0.15, 0.2) is 32.4 Å². The Labute approximate surface area is 232 Å². The molecule has 0 spiro atoms. The van der Waals surface area contributed by atoms with Crippen LogP contribution in [0.2, 0.25) is 0 Å². The van der Waals surface area contributed by atoms with Crippen LogP contribution in [0.3, 0.4) is 0 Å². The van der Waals surface area contributed by atoms with Crippen molar-refractivity contribution in [2.75, 3.05) is 25.9 Å². The van der Waals surface area contributed by atoms with Gasteiger partial charge in [-0.15, -0.1) is 5.10 Å². The summed E-state index contributed by atoms with van der Waals surface area (Å²) in [6.07, 6.45) is 3.73. The first-order valence-corrected chi connectivity index (χ1v) is 13.1. The maximum absolute atomic E-state index is 13.1. The van der Waals surface area contributed by atoms with Crippen molar-refractivity contribution in [1.29, 1.82) is 0 Å². The molecule has 15 heteroatoms. The Hall–Kier alpha value is -4.11. The molecule has 1 saturated heterocycles. The Morgan fingerprint density at radius 2 is 2.05 bits per heavy atom. The summed E-state index contributed by atoms with van der Waals surface area (Å²) in [7, 11) is 1.62. The molecule has 1 fully saturated rings. The third-order valence-electron chi connectivity index (χ3n) is 6.54. The third kappa shape index (κ3) is 5.54. The van der Waals surface area contributed by atoms with E-state index in [-0.39, 0.29) is 17.3 Å². The molecule has 204 valence electrons. The SMILES string of the molecule is COc1ccc(C=NNC(=O)c2nnn(-c3nonc3N)c2CN2CCCC2)cc1Cn1nc(C)c(Br)c1C. The predicted octanol–water partition coefficient (Wildman–Crippen LogP) is 2.22. The van der Waals surface area contributed by atoms with Gasteiger partial charge in [0.15, 0.2) is 5.69 Å². The van der Waals surface area contributed by atoms with Gasteiger partial charge < -0.3 is 10.5 Å². The summed E-state index contributed by atoms with van der Waals surface area (Å²) < 4.78 is 14.5. The zero-order chi connectivity index (χ0) is 27.5. The summed E-state index contributed by atoms with van der Waals surface area (Å²) in [5.74, 6) is 0.447. The molecule has 1 aliphatic rings. The van der Waals surface area contributed by atoms with Gasteiger partial charge in [-0.2, -0.15) is 14.9 Å². The molecule has 14 nitrogen and oxygen atoms in total. The van der Waals surface area contributed by atoms with Crippen LogP contribution >= 0.6 is 15.9 Å². The number of benzene rings is 1. The van der Waals surface area contributed by atoms with Gasteiger partial charge in [-0.05, 0) is 89.8 Å². The van der Waals surface area contributed by atoms with E-state index in [9.17, 15) is 4.79 Å². The normalized spacial score (nSPS) is 13.9. The molecule has 0 unspecified atom stereocenters. The number of hydrogen-bond donors (Lipinski definition) is 2. The number of nitrogens with two attached hydrogens (primary N) is 1. The molecule has 39 heavy (non-hydrogen) atoms. The molecule has 4 aromatic rings. The Morgan fingerprint density at radius 3 is 2.72 bits per heavy atom. The molecule has 5 rings (SSSR count). The number of methoxy groups -OCH3 is 1. The minimum Gasteiger partial charge on any atom is -0.496 e. The number of nitrogens with one attached hydrogen (secondary N) is 1. The van der Waals surface area contributed by atoms with Gasteiger partial charge in [0.05, 0.1) is 41.4 Å². The maximum Gasteiger partial charge on any atom is 0.293 e. The highest BCUT2D eigenvalue weighted by atomic mass is 79.9. The van der Waals surface area contributed by atoms with Crippen molar-refractivity contribution in [3.63, 3.8) is 0 Å². The fourth-order valence-electron chi connectivity index (χ4n) is 4.49. The number of carbonyl (C=O) groups excluding carboxylic acids is 1. The van der Waals surface area contributed by atoms with E-state index in [1.807, 2.05) is 36.7 Å². The number of aryl methyl sites for hydroxylation is 1. The number of aromatic nitrogens is 7. The average Bonchev–Trinajstić information content (AvgIpc) is 3.72. The maximum atomic E-state index is 13.1. The van der Waals surface area contributed by atoms with Crippen molar-refractivity contribution < 1.29 is 14.2 Å². The van der Waals surface area contributed by atoms with E-state index in [0.717, 1.165) is 58.7 Å². The van der Waals surface area contributed by atoms with Crippen LogP contribution in [0.4, 0.5) is 5.82 Å². The van der Waals surface area contributed by atoms with E-state index in [1.54, 1.807) is 13.3 Å². The molecule has 4 heterocycles. The monoisotopic (exact) mass is 597 g/mol. The summed E-state index contributed by atoms with van der Waals surface area (Å²) >= 11 is 3.57. The smallest absolute Gasteiger partial charge is 0.293 e. The van der Waals surface area contributed by atoms with Gasteiger partial charge in [-0.25, -0.2) is 10.1 Å². The minimum atomic E-state index is -0.511. The predicted molar refractivity (Wildman–Crippen MR) is 145 cm³/mol. The van der Waals surface area contributed by atoms with Crippen molar-refractivity contribution in [2.24, 2.45) is 5.10 Å². The van der Waals surface area contributed by atoms with Crippen LogP contribution in [-0.4, -0.2) is 72.3 Å². The number of nitrogen functional groups attached to an aromatic ring is 1. The van der Waals surface area contributed by atoms with Crippen molar-refractivity contribution in [1.82, 2.24) is 45.4 Å². The number of halogens is 1. The quantitative estimate of drug-likeness (QED) is 0.215. The van der Waals surface area contributed by atoms with Gasteiger partial charge >= 0.3 is 0 Å². The lowest BCUT2D eigenvalue weighted by atomic mass is 10.1.